The summed E-state index contributed by atoms with van der Waals surface area (Å²) in [6.07, 6.45) is 1.62. The van der Waals surface area contributed by atoms with Gasteiger partial charge in [-0.15, -0.1) is 15.3 Å². The molecule has 2 heterocycles. The maximum Gasteiger partial charge on any atom is 0.235 e. The maximum absolute atomic E-state index is 4.36. The molecule has 0 aliphatic rings. The van der Waals surface area contributed by atoms with Gasteiger partial charge >= 0.3 is 0 Å². The molecule has 0 aliphatic carbocycles. The first kappa shape index (κ1) is 9.80. The van der Waals surface area contributed by atoms with Crippen LogP contribution in [0.4, 0.5) is 0 Å². The molecule has 80 valence electrons. The van der Waals surface area contributed by atoms with E-state index in [1.165, 1.54) is 5.56 Å². The zero-order valence-electron chi connectivity index (χ0n) is 8.28. The molecule has 1 aromatic carbocycles. The summed E-state index contributed by atoms with van der Waals surface area (Å²) in [7, 11) is 0. The predicted molar refractivity (Wildman–Crippen MR) is 64.7 cm³/mol. The van der Waals surface area contributed by atoms with Gasteiger partial charge in [0.2, 0.25) is 4.96 Å². The first-order chi connectivity index (χ1) is 7.92. The zero-order chi connectivity index (χ0) is 10.8. The molecule has 3 rings (SSSR count). The van der Waals surface area contributed by atoms with Crippen LogP contribution in [0.5, 0.6) is 0 Å². The fourth-order valence-corrected chi connectivity index (χ4v) is 3.14. The Morgan fingerprint density at radius 2 is 2.12 bits per heavy atom. The van der Waals surface area contributed by atoms with E-state index in [2.05, 4.69) is 39.6 Å². The van der Waals surface area contributed by atoms with Gasteiger partial charge in [0.15, 0.2) is 4.34 Å². The molecular formula is C10H8N4S2. The molecule has 16 heavy (non-hydrogen) atoms. The average molecular weight is 248 g/mol. The summed E-state index contributed by atoms with van der Waals surface area (Å²) in [5.74, 6) is 0.935. The fraction of sp³-hybridized carbons (Fsp3) is 0.100. The van der Waals surface area contributed by atoms with E-state index in [0.29, 0.717) is 0 Å². The number of nitrogens with zero attached hydrogens (tertiary/aromatic N) is 4. The minimum absolute atomic E-state index is 0.843. The minimum Gasteiger partial charge on any atom is -0.190 e. The van der Waals surface area contributed by atoms with Crippen molar-refractivity contribution in [3.05, 3.63) is 42.2 Å². The van der Waals surface area contributed by atoms with Crippen molar-refractivity contribution in [1.29, 1.82) is 0 Å². The smallest absolute Gasteiger partial charge is 0.190 e. The van der Waals surface area contributed by atoms with Crippen LogP contribution in [-0.2, 0) is 5.75 Å². The number of benzene rings is 1. The van der Waals surface area contributed by atoms with Crippen molar-refractivity contribution in [2.24, 2.45) is 0 Å². The molecule has 4 nitrogen and oxygen atoms in total. The number of fused-ring (bicyclic) bond motifs is 1. The van der Waals surface area contributed by atoms with Crippen molar-refractivity contribution in [3.8, 4) is 0 Å². The van der Waals surface area contributed by atoms with E-state index in [-0.39, 0.29) is 0 Å². The van der Waals surface area contributed by atoms with Crippen LogP contribution >= 0.6 is 23.1 Å². The molecule has 3 aromatic rings. The van der Waals surface area contributed by atoms with Crippen LogP contribution in [0.25, 0.3) is 4.96 Å². The van der Waals surface area contributed by atoms with Gasteiger partial charge in [-0.25, -0.2) is 0 Å². The summed E-state index contributed by atoms with van der Waals surface area (Å²) in [4.78, 5) is 0.843. The maximum atomic E-state index is 4.36. The van der Waals surface area contributed by atoms with Gasteiger partial charge in [0.1, 0.15) is 6.33 Å². The lowest BCUT2D eigenvalue weighted by Gasteiger charge is -1.96. The highest BCUT2D eigenvalue weighted by atomic mass is 32.2. The summed E-state index contributed by atoms with van der Waals surface area (Å²) in [6, 6.07) is 10.4. The molecule has 0 unspecified atom stereocenters. The topological polar surface area (TPSA) is 43.1 Å². The Labute approximate surface area is 100 Å². The van der Waals surface area contributed by atoms with Crippen molar-refractivity contribution in [3.63, 3.8) is 0 Å². The molecule has 0 N–H and O–H groups in total. The van der Waals surface area contributed by atoms with Crippen molar-refractivity contribution in [2.45, 2.75) is 10.1 Å². The van der Waals surface area contributed by atoms with E-state index >= 15 is 0 Å². The Kier molecular flexibility index (Phi) is 2.59. The first-order valence-corrected chi connectivity index (χ1v) is 6.55. The van der Waals surface area contributed by atoms with Gasteiger partial charge in [-0.1, -0.05) is 53.4 Å². The Hall–Kier alpha value is -1.40. The summed E-state index contributed by atoms with van der Waals surface area (Å²) >= 11 is 3.29. The molecule has 0 bridgehead atoms. The summed E-state index contributed by atoms with van der Waals surface area (Å²) in [5, 5.41) is 12.1. The van der Waals surface area contributed by atoms with Crippen LogP contribution in [0, 0.1) is 0 Å². The molecule has 2 aromatic heterocycles. The Bertz CT molecular complexity index is 558. The van der Waals surface area contributed by atoms with E-state index in [4.69, 9.17) is 0 Å². The summed E-state index contributed by atoms with van der Waals surface area (Å²) < 4.78 is 2.73. The van der Waals surface area contributed by atoms with E-state index in [1.807, 2.05) is 6.07 Å². The number of thioether (sulfide) groups is 1. The van der Waals surface area contributed by atoms with Crippen molar-refractivity contribution in [2.75, 3.05) is 0 Å². The fourth-order valence-electron chi connectivity index (χ4n) is 1.32. The highest BCUT2D eigenvalue weighted by molar-refractivity contribution is 8.00. The van der Waals surface area contributed by atoms with Crippen LogP contribution in [0.3, 0.4) is 0 Å². The monoisotopic (exact) mass is 248 g/mol. The minimum atomic E-state index is 0.843. The Morgan fingerprint density at radius 1 is 1.25 bits per heavy atom. The quantitative estimate of drug-likeness (QED) is 0.668. The molecule has 0 atom stereocenters. The van der Waals surface area contributed by atoms with Crippen molar-refractivity contribution in [1.82, 2.24) is 19.8 Å². The molecule has 0 fully saturated rings. The van der Waals surface area contributed by atoms with E-state index in [9.17, 15) is 0 Å². The second-order valence-electron chi connectivity index (χ2n) is 3.20. The molecule has 0 spiro atoms. The lowest BCUT2D eigenvalue weighted by molar-refractivity contribution is 0.902. The molecule has 0 amide bonds. The lowest BCUT2D eigenvalue weighted by atomic mass is 10.2. The average Bonchev–Trinajstić information content (AvgIpc) is 2.88. The van der Waals surface area contributed by atoms with Gasteiger partial charge in [-0.3, -0.25) is 0 Å². The van der Waals surface area contributed by atoms with Crippen molar-refractivity contribution >= 4 is 28.1 Å². The van der Waals surface area contributed by atoms with E-state index < -0.39 is 0 Å². The zero-order valence-corrected chi connectivity index (χ0v) is 9.91. The second kappa shape index (κ2) is 4.23. The largest absolute Gasteiger partial charge is 0.235 e. The standard InChI is InChI=1S/C10H8N4S2/c1-2-4-8(5-3-1)6-15-10-13-14-7-11-12-9(14)16-10/h1-5,7H,6H2. The van der Waals surface area contributed by atoms with E-state index in [1.54, 1.807) is 33.9 Å². The summed E-state index contributed by atoms with van der Waals surface area (Å²) in [6.45, 7) is 0. The van der Waals surface area contributed by atoms with Crippen LogP contribution < -0.4 is 0 Å². The molecule has 0 radical (unpaired) electrons. The first-order valence-electron chi connectivity index (χ1n) is 4.75. The van der Waals surface area contributed by atoms with Gasteiger partial charge in [0.25, 0.3) is 0 Å². The highest BCUT2D eigenvalue weighted by Gasteiger charge is 2.05. The molecular weight excluding hydrogens is 240 g/mol. The summed E-state index contributed by atoms with van der Waals surface area (Å²) in [5.41, 5.74) is 1.30. The number of hydrogen-bond donors (Lipinski definition) is 0. The molecule has 0 aliphatic heterocycles. The lowest BCUT2D eigenvalue weighted by Crippen LogP contribution is -1.82. The Balaban J connectivity index is 1.74. The van der Waals surface area contributed by atoms with Crippen LogP contribution in [0.1, 0.15) is 5.56 Å². The van der Waals surface area contributed by atoms with Gasteiger partial charge in [-0.2, -0.15) is 4.52 Å². The van der Waals surface area contributed by atoms with Gasteiger partial charge < -0.3 is 0 Å². The van der Waals surface area contributed by atoms with Crippen LogP contribution in [0.15, 0.2) is 41.0 Å². The highest BCUT2D eigenvalue weighted by Crippen LogP contribution is 2.26. The third-order valence-electron chi connectivity index (χ3n) is 2.07. The number of hydrogen-bond acceptors (Lipinski definition) is 5. The van der Waals surface area contributed by atoms with Gasteiger partial charge in [0.05, 0.1) is 0 Å². The number of rotatable bonds is 3. The molecule has 6 heteroatoms. The third-order valence-corrected chi connectivity index (χ3v) is 4.19. The third kappa shape index (κ3) is 1.94. The number of aromatic nitrogens is 4. The molecule has 0 saturated carbocycles. The van der Waals surface area contributed by atoms with Crippen LogP contribution in [0.2, 0.25) is 0 Å². The van der Waals surface area contributed by atoms with E-state index in [0.717, 1.165) is 15.1 Å². The van der Waals surface area contributed by atoms with Gasteiger partial charge in [-0.05, 0) is 5.56 Å². The predicted octanol–water partition coefficient (Wildman–Crippen LogP) is 2.48. The SMILES string of the molecule is c1ccc(CSc2nn3cnnc3s2)cc1. The molecule has 0 saturated heterocycles. The second-order valence-corrected chi connectivity index (χ2v) is 5.38. The van der Waals surface area contributed by atoms with Gasteiger partial charge in [0, 0.05) is 5.75 Å². The van der Waals surface area contributed by atoms with Crippen LogP contribution in [-0.4, -0.2) is 19.8 Å². The van der Waals surface area contributed by atoms with Crippen molar-refractivity contribution < 1.29 is 0 Å². The normalized spacial score (nSPS) is 11.0. The Morgan fingerprint density at radius 3 is 2.94 bits per heavy atom.